The molecule has 1 aromatic carbocycles. The number of hydrogen-bond acceptors (Lipinski definition) is 4. The summed E-state index contributed by atoms with van der Waals surface area (Å²) in [7, 11) is 0. The first-order valence-electron chi connectivity index (χ1n) is 4.32. The van der Waals surface area contributed by atoms with Crippen LogP contribution < -0.4 is 34.9 Å². The van der Waals surface area contributed by atoms with Crippen molar-refractivity contribution in [3.63, 3.8) is 0 Å². The van der Waals surface area contributed by atoms with Crippen molar-refractivity contribution in [3.8, 4) is 0 Å². The number of hydrogen-bond donors (Lipinski definition) is 2. The number of halogens is 1. The molecule has 1 rings (SSSR count). The van der Waals surface area contributed by atoms with Gasteiger partial charge in [-0.1, -0.05) is 11.6 Å². The molecule has 0 bridgehead atoms. The minimum Gasteiger partial charge on any atom is -1.00 e. The van der Waals surface area contributed by atoms with Crippen molar-refractivity contribution in [1.82, 2.24) is 0 Å². The van der Waals surface area contributed by atoms with Crippen LogP contribution in [0.3, 0.4) is 0 Å². The molecule has 6 nitrogen and oxygen atoms in total. The molecule has 0 unspecified atom stereocenters. The van der Waals surface area contributed by atoms with Gasteiger partial charge in [0, 0.05) is 6.07 Å². The second kappa shape index (κ2) is 6.80. The average molecular weight is 269 g/mol. The van der Waals surface area contributed by atoms with E-state index in [1.807, 2.05) is 0 Å². The number of nitro groups is 1. The van der Waals surface area contributed by atoms with E-state index in [4.69, 9.17) is 16.7 Å². The molecule has 0 fully saturated rings. The first-order chi connectivity index (χ1) is 7.41. The van der Waals surface area contributed by atoms with Crippen LogP contribution in [0.4, 0.5) is 11.4 Å². The van der Waals surface area contributed by atoms with Gasteiger partial charge >= 0.3 is 35.5 Å². The van der Waals surface area contributed by atoms with Crippen LogP contribution in [0.25, 0.3) is 0 Å². The average Bonchev–Trinajstić information content (AvgIpc) is 2.18. The van der Waals surface area contributed by atoms with Crippen LogP contribution >= 0.6 is 11.6 Å². The molecule has 88 valence electrons. The summed E-state index contributed by atoms with van der Waals surface area (Å²) in [5.74, 6) is -1.10. The summed E-state index contributed by atoms with van der Waals surface area (Å²) in [5.41, 5.74) is 0.548. The van der Waals surface area contributed by atoms with E-state index in [1.165, 1.54) is 12.1 Å². The monoisotopic (exact) mass is 268 g/mol. The summed E-state index contributed by atoms with van der Waals surface area (Å²) >= 11 is 5.74. The molecule has 0 aliphatic rings. The number of aliphatic carboxylic acids is 1. The summed E-state index contributed by atoms with van der Waals surface area (Å²) in [5, 5.41) is 21.9. The van der Waals surface area contributed by atoms with Crippen molar-refractivity contribution in [3.05, 3.63) is 32.8 Å². The van der Waals surface area contributed by atoms with E-state index in [2.05, 4.69) is 5.32 Å². The Balaban J connectivity index is 0. The van der Waals surface area contributed by atoms with Crippen LogP contribution in [0.5, 0.6) is 0 Å². The Morgan fingerprint density at radius 3 is 2.71 bits per heavy atom. The van der Waals surface area contributed by atoms with Gasteiger partial charge in [-0.3, -0.25) is 14.9 Å². The third-order valence-corrected chi connectivity index (χ3v) is 2.31. The maximum absolute atomic E-state index is 10.7. The predicted octanol–water partition coefficient (Wildman–Crippen LogP) is -0.830. The quantitative estimate of drug-likeness (QED) is 0.422. The number of anilines is 1. The van der Waals surface area contributed by atoms with Gasteiger partial charge in [0.1, 0.15) is 12.2 Å². The number of carbonyl (C=O) groups is 1. The maximum Gasteiger partial charge on any atom is 1.00 e. The van der Waals surface area contributed by atoms with Crippen LogP contribution in [-0.2, 0) is 4.79 Å². The minimum atomic E-state index is -1.10. The number of benzene rings is 1. The van der Waals surface area contributed by atoms with E-state index < -0.39 is 10.9 Å². The Labute approximate surface area is 126 Å². The fourth-order valence-electron chi connectivity index (χ4n) is 1.13. The van der Waals surface area contributed by atoms with Gasteiger partial charge in [0.15, 0.2) is 0 Å². The van der Waals surface area contributed by atoms with Crippen LogP contribution in [0.1, 0.15) is 6.99 Å². The zero-order valence-corrected chi connectivity index (χ0v) is 12.1. The first-order valence-corrected chi connectivity index (χ1v) is 4.70. The first kappa shape index (κ1) is 16.2. The van der Waals surface area contributed by atoms with Gasteiger partial charge in [-0.25, -0.2) is 0 Å². The Bertz CT molecular complexity index is 458. The molecule has 0 radical (unpaired) electrons. The molecule has 0 saturated carbocycles. The van der Waals surface area contributed by atoms with Crippen molar-refractivity contribution >= 4 is 28.9 Å². The van der Waals surface area contributed by atoms with Crippen LogP contribution in [0, 0.1) is 17.0 Å². The zero-order valence-electron chi connectivity index (χ0n) is 10.4. The van der Waals surface area contributed by atoms with Crippen molar-refractivity contribution in [2.75, 3.05) is 11.9 Å². The smallest absolute Gasteiger partial charge is 1.00 e. The molecular weight excluding hydrogens is 259 g/mol. The van der Waals surface area contributed by atoms with Crippen LogP contribution in [0.15, 0.2) is 12.1 Å². The van der Waals surface area contributed by atoms with Crippen LogP contribution in [-0.4, -0.2) is 22.5 Å². The second-order valence-corrected chi connectivity index (χ2v) is 3.53. The van der Waals surface area contributed by atoms with Crippen molar-refractivity contribution < 1.29 is 45.8 Å². The predicted molar refractivity (Wildman–Crippen MR) is 60.1 cm³/mol. The minimum absolute atomic E-state index is 0. The van der Waals surface area contributed by atoms with Gasteiger partial charge in [-0.15, -0.1) is 0 Å². The Hall–Kier alpha value is -0.820. The summed E-state index contributed by atoms with van der Waals surface area (Å²) in [4.78, 5) is 20.4. The number of nitrogens with one attached hydrogen (secondary N) is 1. The Morgan fingerprint density at radius 1 is 1.65 bits per heavy atom. The SMILES string of the molecule is Cc1cc(NCC(=O)O)c([N+](=O)[O-])cc1Cl.[H-].[Na+]. The van der Waals surface area contributed by atoms with Gasteiger partial charge in [-0.2, -0.15) is 0 Å². The second-order valence-electron chi connectivity index (χ2n) is 3.12. The topological polar surface area (TPSA) is 92.5 Å². The van der Waals surface area contributed by atoms with Gasteiger partial charge in [-0.05, 0) is 18.6 Å². The molecule has 0 amide bonds. The fourth-order valence-corrected chi connectivity index (χ4v) is 1.29. The molecule has 1 aromatic rings. The maximum atomic E-state index is 10.7. The van der Waals surface area contributed by atoms with E-state index in [0.717, 1.165) is 0 Å². The summed E-state index contributed by atoms with van der Waals surface area (Å²) < 4.78 is 0. The number of aryl methyl sites for hydroxylation is 1. The normalized spacial score (nSPS) is 9.29. The van der Waals surface area contributed by atoms with E-state index >= 15 is 0 Å². The number of nitro benzene ring substituents is 1. The van der Waals surface area contributed by atoms with E-state index in [-0.39, 0.29) is 53.9 Å². The summed E-state index contributed by atoms with van der Waals surface area (Å²) in [6.45, 7) is 1.29. The van der Waals surface area contributed by atoms with E-state index in [9.17, 15) is 14.9 Å². The third-order valence-electron chi connectivity index (χ3n) is 1.90. The molecule has 2 N–H and O–H groups in total. The number of carboxylic acid groups (broad SMARTS) is 1. The molecular formula is C9H10ClN2NaO4. The van der Waals surface area contributed by atoms with E-state index in [0.29, 0.717) is 5.56 Å². The van der Waals surface area contributed by atoms with Crippen LogP contribution in [0.2, 0.25) is 5.02 Å². The summed E-state index contributed by atoms with van der Waals surface area (Å²) in [6.07, 6.45) is 0. The molecule has 0 atom stereocenters. The molecule has 0 aliphatic carbocycles. The Morgan fingerprint density at radius 2 is 2.24 bits per heavy atom. The molecule has 0 heterocycles. The van der Waals surface area contributed by atoms with Crippen molar-refractivity contribution in [1.29, 1.82) is 0 Å². The Kier molecular flexibility index (Phi) is 6.48. The van der Waals surface area contributed by atoms with E-state index in [1.54, 1.807) is 6.92 Å². The number of carboxylic acids is 1. The number of rotatable bonds is 4. The summed E-state index contributed by atoms with van der Waals surface area (Å²) in [6, 6.07) is 2.64. The van der Waals surface area contributed by atoms with Gasteiger partial charge in [0.05, 0.1) is 9.95 Å². The zero-order chi connectivity index (χ0) is 12.3. The van der Waals surface area contributed by atoms with Gasteiger partial charge in [0.25, 0.3) is 5.69 Å². The molecule has 0 spiro atoms. The molecule has 8 heteroatoms. The number of nitrogens with zero attached hydrogens (tertiary/aromatic N) is 1. The van der Waals surface area contributed by atoms with Gasteiger partial charge < -0.3 is 11.8 Å². The third kappa shape index (κ3) is 4.51. The molecule has 17 heavy (non-hydrogen) atoms. The standard InChI is InChI=1S/C9H9ClN2O4.Na.H/c1-5-2-7(11-4-9(13)14)8(12(15)16)3-6(5)10;;/h2-3,11H,4H2,1H3,(H,13,14);;/q;+1;-1. The van der Waals surface area contributed by atoms with Gasteiger partial charge in [0.2, 0.25) is 0 Å². The molecule has 0 saturated heterocycles. The van der Waals surface area contributed by atoms with Crippen molar-refractivity contribution in [2.24, 2.45) is 0 Å². The molecule has 0 aromatic heterocycles. The fraction of sp³-hybridized carbons (Fsp3) is 0.222. The molecule has 0 aliphatic heterocycles. The largest absolute Gasteiger partial charge is 1.00 e. The van der Waals surface area contributed by atoms with Crippen molar-refractivity contribution in [2.45, 2.75) is 6.92 Å².